The average Bonchev–Trinajstić information content (AvgIpc) is 2.78. The first-order valence-electron chi connectivity index (χ1n) is 11.7. The molecule has 3 rings (SSSR count). The van der Waals surface area contributed by atoms with Gasteiger partial charge in [-0.2, -0.15) is 13.2 Å². The van der Waals surface area contributed by atoms with E-state index in [1.807, 2.05) is 6.07 Å². The normalized spacial score (nSPS) is 18.5. The van der Waals surface area contributed by atoms with Gasteiger partial charge in [-0.15, -0.1) is 0 Å². The van der Waals surface area contributed by atoms with Crippen LogP contribution >= 0.6 is 0 Å². The van der Waals surface area contributed by atoms with Crippen molar-refractivity contribution in [1.82, 2.24) is 4.90 Å². The zero-order valence-corrected chi connectivity index (χ0v) is 20.5. The second-order valence-electron chi connectivity index (χ2n) is 10.0. The number of halogens is 3. The molecule has 0 N–H and O–H groups in total. The van der Waals surface area contributed by atoms with Crippen LogP contribution in [0.5, 0.6) is 5.75 Å². The molecule has 0 saturated carbocycles. The summed E-state index contributed by atoms with van der Waals surface area (Å²) in [6, 6.07) is 13.3. The van der Waals surface area contributed by atoms with Gasteiger partial charge in [-0.05, 0) is 70.7 Å². The van der Waals surface area contributed by atoms with Crippen molar-refractivity contribution in [1.29, 1.82) is 0 Å². The third-order valence-electron chi connectivity index (χ3n) is 6.03. The maximum Gasteiger partial charge on any atom is 0.416 e. The Labute approximate surface area is 204 Å². The van der Waals surface area contributed by atoms with Crippen molar-refractivity contribution in [3.63, 3.8) is 0 Å². The summed E-state index contributed by atoms with van der Waals surface area (Å²) in [5, 5.41) is 0. The fourth-order valence-electron chi connectivity index (χ4n) is 4.39. The van der Waals surface area contributed by atoms with Crippen molar-refractivity contribution in [3.05, 3.63) is 65.7 Å². The van der Waals surface area contributed by atoms with Crippen LogP contribution in [0.15, 0.2) is 54.6 Å². The highest BCUT2D eigenvalue weighted by atomic mass is 19.4. The van der Waals surface area contributed by atoms with Crippen LogP contribution in [0.2, 0.25) is 0 Å². The van der Waals surface area contributed by atoms with E-state index in [1.165, 1.54) is 19.1 Å². The fraction of sp³-hybridized carbons (Fsp3) is 0.481. The summed E-state index contributed by atoms with van der Waals surface area (Å²) in [6.45, 7) is 7.80. The van der Waals surface area contributed by atoms with Gasteiger partial charge in [0.1, 0.15) is 11.4 Å². The van der Waals surface area contributed by atoms with E-state index in [9.17, 15) is 22.8 Å². The van der Waals surface area contributed by atoms with E-state index in [4.69, 9.17) is 9.47 Å². The SMILES string of the molecule is CC(=O)C(CC1CCCN(C(=O)OC(C)(C)C)C1)(Oc1ccc(C(F)(F)F)cc1)c1ccccc1. The molecule has 0 bridgehead atoms. The van der Waals surface area contributed by atoms with Crippen LogP contribution in [-0.4, -0.2) is 35.5 Å². The predicted octanol–water partition coefficient (Wildman–Crippen LogP) is 6.61. The average molecular weight is 492 g/mol. The molecule has 2 aromatic rings. The van der Waals surface area contributed by atoms with Crippen molar-refractivity contribution in [2.45, 2.75) is 64.3 Å². The van der Waals surface area contributed by atoms with E-state index < -0.39 is 29.0 Å². The Morgan fingerprint density at radius 3 is 2.14 bits per heavy atom. The number of Topliss-reactive ketones (excluding diaryl/α,β-unsaturated/α-hetero) is 1. The van der Waals surface area contributed by atoms with Gasteiger partial charge in [-0.25, -0.2) is 4.79 Å². The summed E-state index contributed by atoms with van der Waals surface area (Å²) in [5.41, 5.74) is -2.22. The lowest BCUT2D eigenvalue weighted by Gasteiger charge is -2.39. The van der Waals surface area contributed by atoms with Crippen molar-refractivity contribution in [3.8, 4) is 5.75 Å². The predicted molar refractivity (Wildman–Crippen MR) is 126 cm³/mol. The van der Waals surface area contributed by atoms with Crippen molar-refractivity contribution < 1.29 is 32.2 Å². The number of ketones is 1. The van der Waals surface area contributed by atoms with Crippen LogP contribution in [0.4, 0.5) is 18.0 Å². The lowest BCUT2D eigenvalue weighted by atomic mass is 9.78. The number of alkyl halides is 3. The first-order chi connectivity index (χ1) is 16.3. The Kier molecular flexibility index (Phi) is 7.82. The van der Waals surface area contributed by atoms with Gasteiger partial charge in [0.05, 0.1) is 5.56 Å². The van der Waals surface area contributed by atoms with Crippen LogP contribution in [0.25, 0.3) is 0 Å². The van der Waals surface area contributed by atoms with Crippen LogP contribution in [0.1, 0.15) is 58.1 Å². The van der Waals surface area contributed by atoms with Gasteiger partial charge in [0.2, 0.25) is 0 Å². The second kappa shape index (κ2) is 10.3. The van der Waals surface area contributed by atoms with Gasteiger partial charge in [0, 0.05) is 25.1 Å². The molecule has 0 radical (unpaired) electrons. The van der Waals surface area contributed by atoms with E-state index in [0.29, 0.717) is 18.7 Å². The number of hydrogen-bond acceptors (Lipinski definition) is 4. The third-order valence-corrected chi connectivity index (χ3v) is 6.03. The molecule has 190 valence electrons. The molecule has 2 aromatic carbocycles. The molecule has 35 heavy (non-hydrogen) atoms. The van der Waals surface area contributed by atoms with Gasteiger partial charge in [0.15, 0.2) is 11.4 Å². The molecule has 2 atom stereocenters. The number of benzene rings is 2. The molecule has 1 aliphatic heterocycles. The number of hydrogen-bond donors (Lipinski definition) is 0. The number of nitrogens with zero attached hydrogens (tertiary/aromatic N) is 1. The molecule has 0 aliphatic carbocycles. The van der Waals surface area contributed by atoms with Gasteiger partial charge in [0.25, 0.3) is 0 Å². The molecule has 2 unspecified atom stereocenters. The summed E-state index contributed by atoms with van der Waals surface area (Å²) in [7, 11) is 0. The standard InChI is InChI=1S/C27H32F3NO4/c1-19(32)26(21-10-6-5-7-11-21,34-23-14-12-22(13-15-23)27(28,29)30)17-20-9-8-16-31(18-20)24(33)35-25(2,3)4/h5-7,10-15,20H,8-9,16-18H2,1-4H3. The van der Waals surface area contributed by atoms with Crippen LogP contribution < -0.4 is 4.74 Å². The molecule has 0 aromatic heterocycles. The number of ether oxygens (including phenoxy) is 2. The number of carbonyl (C=O) groups excluding carboxylic acids is 2. The van der Waals surface area contributed by atoms with Crippen molar-refractivity contribution >= 4 is 11.9 Å². The van der Waals surface area contributed by atoms with E-state index in [0.717, 1.165) is 25.0 Å². The lowest BCUT2D eigenvalue weighted by Crippen LogP contribution is -2.47. The Balaban J connectivity index is 1.90. The highest BCUT2D eigenvalue weighted by Crippen LogP contribution is 2.39. The second-order valence-corrected chi connectivity index (χ2v) is 10.0. The van der Waals surface area contributed by atoms with E-state index in [1.54, 1.807) is 49.9 Å². The van der Waals surface area contributed by atoms with Crippen molar-refractivity contribution in [2.24, 2.45) is 5.92 Å². The minimum atomic E-state index is -4.47. The molecule has 1 amide bonds. The summed E-state index contributed by atoms with van der Waals surface area (Å²) in [6.07, 6.45) is -3.08. The molecule has 5 nitrogen and oxygen atoms in total. The van der Waals surface area contributed by atoms with Crippen LogP contribution in [-0.2, 0) is 21.3 Å². The molecular formula is C27H32F3NO4. The zero-order chi connectivity index (χ0) is 25.9. The first kappa shape index (κ1) is 26.6. The highest BCUT2D eigenvalue weighted by Gasteiger charge is 2.43. The molecule has 1 saturated heterocycles. The van der Waals surface area contributed by atoms with E-state index in [2.05, 4.69) is 0 Å². The largest absolute Gasteiger partial charge is 0.475 e. The highest BCUT2D eigenvalue weighted by molar-refractivity contribution is 5.87. The fourth-order valence-corrected chi connectivity index (χ4v) is 4.39. The Morgan fingerprint density at radius 1 is 0.971 bits per heavy atom. The third kappa shape index (κ3) is 6.77. The molecule has 0 spiro atoms. The maximum atomic E-state index is 13.2. The first-order valence-corrected chi connectivity index (χ1v) is 11.7. The van der Waals surface area contributed by atoms with Gasteiger partial charge >= 0.3 is 12.3 Å². The molecular weight excluding hydrogens is 459 g/mol. The lowest BCUT2D eigenvalue weighted by molar-refractivity contribution is -0.138. The van der Waals surface area contributed by atoms with Gasteiger partial charge < -0.3 is 14.4 Å². The summed E-state index contributed by atoms with van der Waals surface area (Å²) in [4.78, 5) is 27.5. The minimum Gasteiger partial charge on any atom is -0.475 e. The molecule has 1 heterocycles. The Morgan fingerprint density at radius 2 is 1.60 bits per heavy atom. The maximum absolute atomic E-state index is 13.2. The zero-order valence-electron chi connectivity index (χ0n) is 20.5. The Bertz CT molecular complexity index is 1020. The summed E-state index contributed by atoms with van der Waals surface area (Å²) >= 11 is 0. The smallest absolute Gasteiger partial charge is 0.416 e. The number of carbonyl (C=O) groups is 2. The topological polar surface area (TPSA) is 55.8 Å². The minimum absolute atomic E-state index is 0.0742. The van der Waals surface area contributed by atoms with Gasteiger partial charge in [-0.1, -0.05) is 30.3 Å². The summed E-state index contributed by atoms with van der Waals surface area (Å²) in [5.74, 6) is -0.176. The number of piperidine rings is 1. The molecule has 1 aliphatic rings. The van der Waals surface area contributed by atoms with E-state index in [-0.39, 0.29) is 23.9 Å². The number of amides is 1. The van der Waals surface area contributed by atoms with E-state index >= 15 is 0 Å². The number of likely N-dealkylation sites (tertiary alicyclic amines) is 1. The Hall–Kier alpha value is -3.03. The molecule has 8 heteroatoms. The number of rotatable bonds is 6. The van der Waals surface area contributed by atoms with Crippen molar-refractivity contribution in [2.75, 3.05) is 13.1 Å². The van der Waals surface area contributed by atoms with Crippen LogP contribution in [0.3, 0.4) is 0 Å². The summed E-state index contributed by atoms with van der Waals surface area (Å²) < 4.78 is 50.8. The quantitative estimate of drug-likeness (QED) is 0.457. The van der Waals surface area contributed by atoms with Crippen LogP contribution in [0, 0.1) is 5.92 Å². The monoisotopic (exact) mass is 491 g/mol. The van der Waals surface area contributed by atoms with Gasteiger partial charge in [-0.3, -0.25) is 4.79 Å². The molecule has 1 fully saturated rings.